The molecule has 2 N–H and O–H groups in total. The van der Waals surface area contributed by atoms with E-state index in [0.29, 0.717) is 12.0 Å². The Kier molecular flexibility index (Phi) is 8.01. The van der Waals surface area contributed by atoms with E-state index in [4.69, 9.17) is 5.73 Å². The molecule has 0 heterocycles. The van der Waals surface area contributed by atoms with Crippen LogP contribution in [0.4, 0.5) is 0 Å². The molecule has 1 aliphatic carbocycles. The van der Waals surface area contributed by atoms with Crippen LogP contribution in [0.3, 0.4) is 0 Å². The minimum absolute atomic E-state index is 0.362. The van der Waals surface area contributed by atoms with Crippen LogP contribution in [0, 0.1) is 11.8 Å². The largest absolute Gasteiger partial charge is 0.327 e. The SMILES string of the molecule is CCCC1CCCC(N(C)CCC(N)C(C)C)CC1. The highest BCUT2D eigenvalue weighted by Crippen LogP contribution is 2.28. The zero-order chi connectivity index (χ0) is 14.3. The molecular weight excluding hydrogens is 232 g/mol. The number of hydrogen-bond donors (Lipinski definition) is 1. The lowest BCUT2D eigenvalue weighted by molar-refractivity contribution is 0.207. The zero-order valence-electron chi connectivity index (χ0n) is 13.7. The first-order valence-electron chi connectivity index (χ1n) is 8.50. The van der Waals surface area contributed by atoms with Crippen LogP contribution in [0.15, 0.2) is 0 Å². The highest BCUT2D eigenvalue weighted by atomic mass is 15.1. The lowest BCUT2D eigenvalue weighted by Crippen LogP contribution is -2.36. The highest BCUT2D eigenvalue weighted by Gasteiger charge is 2.21. The van der Waals surface area contributed by atoms with Crippen molar-refractivity contribution in [2.75, 3.05) is 13.6 Å². The van der Waals surface area contributed by atoms with E-state index < -0.39 is 0 Å². The average Bonchev–Trinajstić information content (AvgIpc) is 2.61. The van der Waals surface area contributed by atoms with Gasteiger partial charge in [0.1, 0.15) is 0 Å². The molecule has 1 rings (SSSR count). The molecule has 0 aromatic carbocycles. The van der Waals surface area contributed by atoms with Gasteiger partial charge in [-0.3, -0.25) is 0 Å². The van der Waals surface area contributed by atoms with Gasteiger partial charge in [0.2, 0.25) is 0 Å². The molecule has 0 aliphatic heterocycles. The van der Waals surface area contributed by atoms with Crippen molar-refractivity contribution < 1.29 is 0 Å². The van der Waals surface area contributed by atoms with Gasteiger partial charge >= 0.3 is 0 Å². The van der Waals surface area contributed by atoms with Crippen molar-refractivity contribution in [1.29, 1.82) is 0 Å². The first kappa shape index (κ1) is 17.0. The Hall–Kier alpha value is -0.0800. The summed E-state index contributed by atoms with van der Waals surface area (Å²) in [5.41, 5.74) is 6.16. The molecule has 19 heavy (non-hydrogen) atoms. The second kappa shape index (κ2) is 8.97. The second-order valence-corrected chi connectivity index (χ2v) is 6.99. The molecule has 0 spiro atoms. The van der Waals surface area contributed by atoms with E-state index in [1.807, 2.05) is 0 Å². The molecule has 1 fully saturated rings. The molecule has 0 aromatic heterocycles. The summed E-state index contributed by atoms with van der Waals surface area (Å²) in [5, 5.41) is 0. The van der Waals surface area contributed by atoms with Gasteiger partial charge in [-0.2, -0.15) is 0 Å². The molecule has 1 saturated carbocycles. The monoisotopic (exact) mass is 268 g/mol. The van der Waals surface area contributed by atoms with Crippen molar-refractivity contribution in [1.82, 2.24) is 4.90 Å². The molecule has 0 radical (unpaired) electrons. The van der Waals surface area contributed by atoms with E-state index in [9.17, 15) is 0 Å². The van der Waals surface area contributed by atoms with E-state index in [0.717, 1.165) is 18.4 Å². The lowest BCUT2D eigenvalue weighted by atomic mass is 9.95. The second-order valence-electron chi connectivity index (χ2n) is 6.99. The average molecular weight is 268 g/mol. The minimum atomic E-state index is 0.362. The van der Waals surface area contributed by atoms with Gasteiger partial charge in [0, 0.05) is 12.1 Å². The van der Waals surface area contributed by atoms with Gasteiger partial charge < -0.3 is 10.6 Å². The summed E-state index contributed by atoms with van der Waals surface area (Å²) in [6, 6.07) is 1.17. The maximum absolute atomic E-state index is 6.16. The van der Waals surface area contributed by atoms with Gasteiger partial charge in [0.25, 0.3) is 0 Å². The van der Waals surface area contributed by atoms with Gasteiger partial charge in [-0.1, -0.05) is 46.5 Å². The predicted molar refractivity (Wildman–Crippen MR) is 85.3 cm³/mol. The molecule has 3 unspecified atom stereocenters. The zero-order valence-corrected chi connectivity index (χ0v) is 13.7. The van der Waals surface area contributed by atoms with Crippen molar-refractivity contribution in [2.24, 2.45) is 17.6 Å². The third-order valence-corrected chi connectivity index (χ3v) is 5.05. The molecule has 0 saturated heterocycles. The highest BCUT2D eigenvalue weighted by molar-refractivity contribution is 4.77. The summed E-state index contributed by atoms with van der Waals surface area (Å²) >= 11 is 0. The van der Waals surface area contributed by atoms with Crippen LogP contribution in [-0.2, 0) is 0 Å². The Balaban J connectivity index is 2.30. The molecule has 0 bridgehead atoms. The molecule has 3 atom stereocenters. The van der Waals surface area contributed by atoms with Crippen molar-refractivity contribution >= 4 is 0 Å². The Morgan fingerprint density at radius 1 is 1.16 bits per heavy atom. The minimum Gasteiger partial charge on any atom is -0.327 e. The van der Waals surface area contributed by atoms with Crippen LogP contribution in [0.25, 0.3) is 0 Å². The van der Waals surface area contributed by atoms with Gasteiger partial charge in [-0.05, 0) is 51.1 Å². The molecule has 0 amide bonds. The fourth-order valence-corrected chi connectivity index (χ4v) is 3.37. The van der Waals surface area contributed by atoms with Crippen LogP contribution in [0.1, 0.15) is 72.1 Å². The van der Waals surface area contributed by atoms with Gasteiger partial charge in [0.05, 0.1) is 0 Å². The molecule has 114 valence electrons. The Morgan fingerprint density at radius 3 is 2.53 bits per heavy atom. The topological polar surface area (TPSA) is 29.3 Å². The van der Waals surface area contributed by atoms with Crippen molar-refractivity contribution in [2.45, 2.75) is 84.2 Å². The number of nitrogens with zero attached hydrogens (tertiary/aromatic N) is 1. The van der Waals surface area contributed by atoms with Crippen LogP contribution in [-0.4, -0.2) is 30.6 Å². The fraction of sp³-hybridized carbons (Fsp3) is 1.00. The summed E-state index contributed by atoms with van der Waals surface area (Å²) in [4.78, 5) is 2.58. The normalized spacial score (nSPS) is 26.7. The molecule has 2 heteroatoms. The van der Waals surface area contributed by atoms with E-state index >= 15 is 0 Å². The van der Waals surface area contributed by atoms with E-state index in [1.165, 1.54) is 51.5 Å². The molecule has 0 aromatic rings. The van der Waals surface area contributed by atoms with Crippen LogP contribution in [0.2, 0.25) is 0 Å². The third-order valence-electron chi connectivity index (χ3n) is 5.05. The summed E-state index contributed by atoms with van der Waals surface area (Å²) in [6.07, 6.45) is 11.1. The predicted octanol–water partition coefficient (Wildman–Crippen LogP) is 4.04. The lowest BCUT2D eigenvalue weighted by Gasteiger charge is -2.29. The standard InChI is InChI=1S/C17H36N2/c1-5-7-15-8-6-9-16(11-10-15)19(4)13-12-17(18)14(2)3/h14-17H,5-13,18H2,1-4H3. The smallest absolute Gasteiger partial charge is 0.00923 e. The number of hydrogen-bond acceptors (Lipinski definition) is 2. The summed E-state index contributed by atoms with van der Waals surface area (Å²) < 4.78 is 0. The Bertz CT molecular complexity index is 227. The van der Waals surface area contributed by atoms with Crippen molar-refractivity contribution in [3.05, 3.63) is 0 Å². The number of nitrogens with two attached hydrogens (primary N) is 1. The van der Waals surface area contributed by atoms with Gasteiger partial charge in [0.15, 0.2) is 0 Å². The van der Waals surface area contributed by atoms with E-state index in [-0.39, 0.29) is 0 Å². The van der Waals surface area contributed by atoms with E-state index in [2.05, 4.69) is 32.7 Å². The molecule has 1 aliphatic rings. The third kappa shape index (κ3) is 6.27. The molecular formula is C17H36N2. The van der Waals surface area contributed by atoms with E-state index in [1.54, 1.807) is 0 Å². The first-order chi connectivity index (χ1) is 9.04. The Morgan fingerprint density at radius 2 is 1.89 bits per heavy atom. The van der Waals surface area contributed by atoms with Crippen LogP contribution < -0.4 is 5.73 Å². The Labute approximate surface area is 121 Å². The van der Waals surface area contributed by atoms with Gasteiger partial charge in [-0.15, -0.1) is 0 Å². The van der Waals surface area contributed by atoms with Crippen molar-refractivity contribution in [3.8, 4) is 0 Å². The maximum Gasteiger partial charge on any atom is 0.00923 e. The molecule has 2 nitrogen and oxygen atoms in total. The summed E-state index contributed by atoms with van der Waals surface area (Å²) in [6.45, 7) is 7.95. The summed E-state index contributed by atoms with van der Waals surface area (Å²) in [7, 11) is 2.30. The van der Waals surface area contributed by atoms with Crippen LogP contribution in [0.5, 0.6) is 0 Å². The summed E-state index contributed by atoms with van der Waals surface area (Å²) in [5.74, 6) is 1.61. The van der Waals surface area contributed by atoms with Gasteiger partial charge in [-0.25, -0.2) is 0 Å². The maximum atomic E-state index is 6.16. The number of rotatable bonds is 7. The van der Waals surface area contributed by atoms with Crippen molar-refractivity contribution in [3.63, 3.8) is 0 Å². The van der Waals surface area contributed by atoms with Crippen LogP contribution >= 0.6 is 0 Å². The first-order valence-corrected chi connectivity index (χ1v) is 8.50. The fourth-order valence-electron chi connectivity index (χ4n) is 3.37. The quantitative estimate of drug-likeness (QED) is 0.706.